The van der Waals surface area contributed by atoms with Crippen LogP contribution in [0.5, 0.6) is 0 Å². The van der Waals surface area contributed by atoms with Crippen molar-refractivity contribution in [3.8, 4) is 50.2 Å². The first-order valence-electron chi connectivity index (χ1n) is 39.2. The molecular formula is C96H82BN3Si. The van der Waals surface area contributed by atoms with Crippen LogP contribution in [-0.2, 0) is 16.2 Å². The molecule has 2 aliphatic heterocycles. The van der Waals surface area contributed by atoms with Crippen LogP contribution in [0, 0.1) is 0 Å². The maximum atomic E-state index is 9.89. The van der Waals surface area contributed by atoms with E-state index in [0.29, 0.717) is 5.69 Å². The Hall–Kier alpha value is -11.2. The minimum absolute atomic E-state index is 0.0152. The summed E-state index contributed by atoms with van der Waals surface area (Å²) in [5.74, 6) is 0. The van der Waals surface area contributed by atoms with Crippen LogP contribution in [0.2, 0.25) is 0 Å². The quantitative estimate of drug-likeness (QED) is 0.0944. The van der Waals surface area contributed by atoms with Gasteiger partial charge in [0.05, 0.1) is 33.4 Å². The molecule has 0 bridgehead atoms. The van der Waals surface area contributed by atoms with Crippen molar-refractivity contribution >= 4 is 108 Å². The van der Waals surface area contributed by atoms with Gasteiger partial charge in [-0.2, -0.15) is 0 Å². The average molecular weight is 1320 g/mol. The molecule has 0 N–H and O–H groups in total. The molecule has 0 fully saturated rings. The van der Waals surface area contributed by atoms with Gasteiger partial charge in [-0.1, -0.05) is 329 Å². The second kappa shape index (κ2) is 24.6. The van der Waals surface area contributed by atoms with Crippen LogP contribution in [0.3, 0.4) is 0 Å². The van der Waals surface area contributed by atoms with Gasteiger partial charge in [-0.15, -0.1) is 0 Å². The van der Waals surface area contributed by atoms with Crippen LogP contribution >= 0.6 is 0 Å². The molecule has 2 aliphatic rings. The number of anilines is 6. The maximum Gasteiger partial charge on any atom is 0.252 e. The first kappa shape index (κ1) is 54.6. The average Bonchev–Trinajstić information content (AvgIpc) is 0.942. The number of para-hydroxylation sites is 2. The van der Waals surface area contributed by atoms with Gasteiger partial charge in [-0.3, -0.25) is 0 Å². The smallest absolute Gasteiger partial charge is 0.252 e. The largest absolute Gasteiger partial charge is 0.310 e. The summed E-state index contributed by atoms with van der Waals surface area (Å²) in [5.41, 5.74) is 19.8. The summed E-state index contributed by atoms with van der Waals surface area (Å²) >= 11 is 0. The highest BCUT2D eigenvalue weighted by Gasteiger charge is 2.49. The van der Waals surface area contributed by atoms with Crippen molar-refractivity contribution in [1.82, 2.24) is 4.57 Å². The molecule has 0 amide bonds. The van der Waals surface area contributed by atoms with Crippen molar-refractivity contribution in [3.05, 3.63) is 350 Å². The van der Waals surface area contributed by atoms with E-state index in [1.54, 1.807) is 4.57 Å². The number of fused-ring (bicyclic) bond motifs is 7. The Morgan fingerprint density at radius 3 is 0.980 bits per heavy atom. The van der Waals surface area contributed by atoms with E-state index >= 15 is 0 Å². The SMILES string of the molecule is [2H]c1c([2H])c([2H])c2c(c1[2H])c1c([2H])c([2H])c([2H])c([2H])c1n2-c1ccc2c(c1)N(c1c(-c3ccccc3)cc(C(C)(C)C)cc1-c1ccccc1)c1cc(C(C)(C)C)cc3c1B2c1ccc([Si](c2ccccc2)(c2ccccc2)c2ccccc2)cc1N3c1c(-c2ccccc2)cc(C(C)(C)C)cc1-c1ccccc1. The fourth-order valence-electron chi connectivity index (χ4n) is 16.0. The predicted octanol–water partition coefficient (Wildman–Crippen LogP) is 20.8. The zero-order chi connectivity index (χ0) is 75.9. The van der Waals surface area contributed by atoms with Gasteiger partial charge in [0.25, 0.3) is 6.71 Å². The van der Waals surface area contributed by atoms with E-state index in [0.717, 1.165) is 106 Å². The topological polar surface area (TPSA) is 11.4 Å². The summed E-state index contributed by atoms with van der Waals surface area (Å²) in [6.07, 6.45) is 0. The van der Waals surface area contributed by atoms with Gasteiger partial charge in [-0.05, 0) is 159 Å². The lowest BCUT2D eigenvalue weighted by Gasteiger charge is -2.47. The van der Waals surface area contributed by atoms with Crippen LogP contribution in [0.4, 0.5) is 34.1 Å². The van der Waals surface area contributed by atoms with Crippen LogP contribution in [0.25, 0.3) is 72.0 Å². The van der Waals surface area contributed by atoms with E-state index in [2.05, 4.69) is 351 Å². The van der Waals surface area contributed by atoms with Gasteiger partial charge < -0.3 is 14.4 Å². The molecule has 0 unspecified atom stereocenters. The Bertz CT molecular complexity index is 5840. The number of hydrogen-bond acceptors (Lipinski definition) is 2. The monoisotopic (exact) mass is 1320 g/mol. The first-order chi connectivity index (χ1) is 52.4. The van der Waals surface area contributed by atoms with Crippen LogP contribution < -0.4 is 46.9 Å². The summed E-state index contributed by atoms with van der Waals surface area (Å²) < 4.78 is 77.5. The van der Waals surface area contributed by atoms with Gasteiger partial charge in [0.1, 0.15) is 0 Å². The molecule has 17 rings (SSSR count). The molecule has 5 heteroatoms. The zero-order valence-corrected chi connectivity index (χ0v) is 59.6. The third kappa shape index (κ3) is 10.6. The van der Waals surface area contributed by atoms with Crippen molar-refractivity contribution in [2.75, 3.05) is 9.80 Å². The summed E-state index contributed by atoms with van der Waals surface area (Å²) in [6.45, 7) is 20.1. The molecule has 0 spiro atoms. The highest BCUT2D eigenvalue weighted by atomic mass is 28.3. The van der Waals surface area contributed by atoms with Gasteiger partial charge in [-0.25, -0.2) is 0 Å². The van der Waals surface area contributed by atoms with Gasteiger partial charge >= 0.3 is 0 Å². The molecule has 0 saturated carbocycles. The van der Waals surface area contributed by atoms with Gasteiger partial charge in [0, 0.05) is 61.5 Å². The maximum absolute atomic E-state index is 9.89. The fourth-order valence-corrected chi connectivity index (χ4v) is 20.7. The van der Waals surface area contributed by atoms with Crippen LogP contribution in [-0.4, -0.2) is 19.4 Å². The lowest BCUT2D eigenvalue weighted by molar-refractivity contribution is 0.590. The molecule has 15 aromatic rings. The van der Waals surface area contributed by atoms with Crippen LogP contribution in [0.1, 0.15) is 90.0 Å². The Morgan fingerprint density at radius 2 is 0.624 bits per heavy atom. The van der Waals surface area contributed by atoms with Crippen molar-refractivity contribution in [2.24, 2.45) is 0 Å². The fraction of sp³-hybridized carbons (Fsp3) is 0.125. The normalized spacial score (nSPS) is 14.0. The number of aromatic nitrogens is 1. The number of rotatable bonds is 11. The zero-order valence-electron chi connectivity index (χ0n) is 66.6. The molecule has 101 heavy (non-hydrogen) atoms. The number of benzene rings is 14. The Morgan fingerprint density at radius 1 is 0.307 bits per heavy atom. The minimum atomic E-state index is -3.32. The van der Waals surface area contributed by atoms with Crippen molar-refractivity contribution < 1.29 is 11.0 Å². The highest BCUT2D eigenvalue weighted by molar-refractivity contribution is 7.20. The minimum Gasteiger partial charge on any atom is -0.310 e. The molecule has 14 aromatic carbocycles. The standard InChI is InChI=1S/C96H82BN3Si/c1-94(2,3)69-57-79(65-35-17-10-18-36-65)92(80(58-69)66-37-19-11-20-38-66)99-87-63-72(98-85-51-33-31-49-77(85)78-50-32-34-52-86(78)98)53-55-83(87)97-84-56-54-76(101(73-43-25-14-26-44-73,74-45-27-15-28-46-74)75-47-29-16-30-48-75)64-88(84)100(90-62-71(96(7,8)9)61-89(99)91(90)97)93-81(67-39-21-12-22-40-67)59-70(95(4,5)6)60-82(93)68-41-23-13-24-42-68/h10-64H,1-9H3/i31D,32D,33D,34D,49D,50D,51D,52D. The van der Waals surface area contributed by atoms with E-state index < -0.39 is 44.4 Å². The molecule has 0 radical (unpaired) electrons. The van der Waals surface area contributed by atoms with E-state index in [1.807, 2.05) is 6.07 Å². The molecular weight excluding hydrogens is 1230 g/mol. The molecule has 3 nitrogen and oxygen atoms in total. The number of hydrogen-bond donors (Lipinski definition) is 0. The lowest BCUT2D eigenvalue weighted by Crippen LogP contribution is -2.75. The second-order valence-corrected chi connectivity index (χ2v) is 34.0. The molecule has 1 aromatic heterocycles. The summed E-state index contributed by atoms with van der Waals surface area (Å²) in [6, 6.07) is 101. The van der Waals surface area contributed by atoms with E-state index in [4.69, 9.17) is 2.74 Å². The number of nitrogens with zero attached hydrogens (tertiary/aromatic N) is 3. The van der Waals surface area contributed by atoms with E-state index in [9.17, 15) is 8.22 Å². The Balaban J connectivity index is 1.11. The van der Waals surface area contributed by atoms with Crippen molar-refractivity contribution in [3.63, 3.8) is 0 Å². The summed E-state index contributed by atoms with van der Waals surface area (Å²) in [7, 11) is -3.32. The van der Waals surface area contributed by atoms with Gasteiger partial charge in [0.2, 0.25) is 0 Å². The summed E-state index contributed by atoms with van der Waals surface area (Å²) in [4.78, 5) is 5.13. The Kier molecular flexibility index (Phi) is 13.3. The lowest BCUT2D eigenvalue weighted by atomic mass is 9.33. The molecule has 3 heterocycles. The van der Waals surface area contributed by atoms with Crippen LogP contribution in [0.15, 0.2) is 333 Å². The molecule has 0 aliphatic carbocycles. The highest BCUT2D eigenvalue weighted by Crippen LogP contribution is 2.55. The predicted molar refractivity (Wildman–Crippen MR) is 436 cm³/mol. The first-order valence-corrected chi connectivity index (χ1v) is 37.2. The van der Waals surface area contributed by atoms with E-state index in [-0.39, 0.29) is 56.8 Å². The molecule has 488 valence electrons. The Labute approximate surface area is 608 Å². The molecule has 0 atom stereocenters. The molecule has 0 saturated heterocycles. The van der Waals surface area contributed by atoms with E-state index in [1.165, 1.54) is 26.3 Å². The van der Waals surface area contributed by atoms with Crippen molar-refractivity contribution in [1.29, 1.82) is 0 Å². The summed E-state index contributed by atoms with van der Waals surface area (Å²) in [5, 5.41) is 4.94. The second-order valence-electron chi connectivity index (χ2n) is 30.2. The third-order valence-corrected chi connectivity index (χ3v) is 25.8. The van der Waals surface area contributed by atoms with Gasteiger partial charge in [0.15, 0.2) is 8.07 Å². The van der Waals surface area contributed by atoms with Crippen molar-refractivity contribution in [2.45, 2.75) is 78.6 Å². The third-order valence-electron chi connectivity index (χ3n) is 21.0.